The molecule has 1 nitrogen and oxygen atoms in total. The smallest absolute Gasteiger partial charge is 0.143 e. The molecule has 0 aliphatic heterocycles. The first-order valence-electron chi connectivity index (χ1n) is 9.71. The molecule has 1 aliphatic carbocycles. The molecule has 1 heteroatoms. The highest BCUT2D eigenvalue weighted by Crippen LogP contribution is 2.33. The van der Waals surface area contributed by atoms with Crippen molar-refractivity contribution in [2.75, 3.05) is 0 Å². The van der Waals surface area contributed by atoms with Crippen LogP contribution in [0.4, 0.5) is 0 Å². The minimum atomic E-state index is 0.0202. The molecule has 2 aromatic carbocycles. The van der Waals surface area contributed by atoms with Crippen molar-refractivity contribution in [2.24, 2.45) is 11.8 Å². The lowest BCUT2D eigenvalue weighted by atomic mass is 9.77. The maximum atomic E-state index is 12.8. The van der Waals surface area contributed by atoms with Crippen LogP contribution in [0.1, 0.15) is 67.7 Å². The second-order valence-electron chi connectivity index (χ2n) is 7.98. The predicted octanol–water partition coefficient (Wildman–Crippen LogP) is 6.08. The van der Waals surface area contributed by atoms with Crippen molar-refractivity contribution in [3.8, 4) is 0 Å². The lowest BCUT2D eigenvalue weighted by Crippen LogP contribution is -2.24. The van der Waals surface area contributed by atoms with Crippen LogP contribution in [0.2, 0.25) is 0 Å². The van der Waals surface area contributed by atoms with Crippen LogP contribution in [0.25, 0.3) is 0 Å². The molecule has 0 aromatic heterocycles. The van der Waals surface area contributed by atoms with Gasteiger partial charge in [0.25, 0.3) is 0 Å². The van der Waals surface area contributed by atoms with Crippen LogP contribution < -0.4 is 0 Å². The van der Waals surface area contributed by atoms with Crippen LogP contribution in [-0.2, 0) is 11.2 Å². The fourth-order valence-corrected chi connectivity index (χ4v) is 3.93. The zero-order valence-corrected chi connectivity index (χ0v) is 15.8. The maximum absolute atomic E-state index is 12.8. The van der Waals surface area contributed by atoms with E-state index in [1.54, 1.807) is 0 Å². The van der Waals surface area contributed by atoms with Gasteiger partial charge in [-0.15, -0.1) is 0 Å². The molecule has 0 radical (unpaired) electrons. The van der Waals surface area contributed by atoms with E-state index in [1.165, 1.54) is 29.5 Å². The molecule has 0 N–H and O–H groups in total. The Bertz CT molecular complexity index is 688. The summed E-state index contributed by atoms with van der Waals surface area (Å²) in [5, 5.41) is 0. The van der Waals surface area contributed by atoms with Gasteiger partial charge in [0.15, 0.2) is 0 Å². The fourth-order valence-electron chi connectivity index (χ4n) is 3.93. The van der Waals surface area contributed by atoms with E-state index in [0.29, 0.717) is 5.78 Å². The number of aryl methyl sites for hydroxylation is 1. The van der Waals surface area contributed by atoms with E-state index in [0.717, 1.165) is 30.7 Å². The van der Waals surface area contributed by atoms with Crippen molar-refractivity contribution >= 4 is 5.78 Å². The normalized spacial score (nSPS) is 21.7. The Morgan fingerprint density at radius 2 is 1.44 bits per heavy atom. The lowest BCUT2D eigenvalue weighted by molar-refractivity contribution is -0.125. The Labute approximate surface area is 152 Å². The number of ketones is 1. The van der Waals surface area contributed by atoms with E-state index in [1.807, 2.05) is 0 Å². The summed E-state index contributed by atoms with van der Waals surface area (Å²) in [4.78, 5) is 12.8. The van der Waals surface area contributed by atoms with Gasteiger partial charge in [-0.3, -0.25) is 4.79 Å². The summed E-state index contributed by atoms with van der Waals surface area (Å²) in [6, 6.07) is 17.4. The molecule has 25 heavy (non-hydrogen) atoms. The summed E-state index contributed by atoms with van der Waals surface area (Å²) in [7, 11) is 0. The molecule has 0 bridgehead atoms. The fraction of sp³-hybridized carbons (Fsp3) is 0.458. The van der Waals surface area contributed by atoms with Gasteiger partial charge in [-0.1, -0.05) is 80.8 Å². The number of carbonyl (C=O) groups excluding carboxylic acids is 1. The van der Waals surface area contributed by atoms with Gasteiger partial charge in [0, 0.05) is 11.8 Å². The van der Waals surface area contributed by atoms with Crippen molar-refractivity contribution in [2.45, 2.75) is 58.8 Å². The minimum Gasteiger partial charge on any atom is -0.299 e. The van der Waals surface area contributed by atoms with Crippen molar-refractivity contribution < 1.29 is 4.79 Å². The minimum absolute atomic E-state index is 0.0202. The molecule has 0 amide bonds. The number of Topliss-reactive ketones (excluding diaryl/α,β-unsaturated/α-hetero) is 1. The van der Waals surface area contributed by atoms with E-state index in [9.17, 15) is 4.79 Å². The Morgan fingerprint density at radius 3 is 2.00 bits per heavy atom. The molecular formula is C24H30O. The summed E-state index contributed by atoms with van der Waals surface area (Å²) in [6.45, 7) is 6.50. The van der Waals surface area contributed by atoms with Crippen molar-refractivity contribution in [1.29, 1.82) is 0 Å². The van der Waals surface area contributed by atoms with Crippen LogP contribution in [0.15, 0.2) is 48.5 Å². The topological polar surface area (TPSA) is 17.1 Å². The number of benzene rings is 2. The first-order chi connectivity index (χ1) is 12.0. The highest BCUT2D eigenvalue weighted by atomic mass is 16.1. The zero-order valence-electron chi connectivity index (χ0n) is 15.8. The number of rotatable bonds is 5. The molecule has 132 valence electrons. The predicted molar refractivity (Wildman–Crippen MR) is 105 cm³/mol. The quantitative estimate of drug-likeness (QED) is 0.647. The SMILES string of the molecule is Cc1ccc(Cc2ccc(C(C)C(=O)C3CCC(C)CC3)cc2)cc1. The molecule has 2 aromatic rings. The monoisotopic (exact) mass is 334 g/mol. The average molecular weight is 335 g/mol. The second kappa shape index (κ2) is 7.99. The second-order valence-corrected chi connectivity index (χ2v) is 7.98. The van der Waals surface area contributed by atoms with Crippen LogP contribution in [0, 0.1) is 18.8 Å². The van der Waals surface area contributed by atoms with E-state index in [-0.39, 0.29) is 11.8 Å². The van der Waals surface area contributed by atoms with E-state index >= 15 is 0 Å². The van der Waals surface area contributed by atoms with Gasteiger partial charge in [-0.05, 0) is 48.8 Å². The first kappa shape index (κ1) is 17.9. The Morgan fingerprint density at radius 1 is 0.920 bits per heavy atom. The highest BCUT2D eigenvalue weighted by Gasteiger charge is 2.28. The molecule has 0 heterocycles. The van der Waals surface area contributed by atoms with Gasteiger partial charge in [0.05, 0.1) is 0 Å². The molecule has 0 saturated heterocycles. The van der Waals surface area contributed by atoms with E-state index in [2.05, 4.69) is 69.3 Å². The average Bonchev–Trinajstić information content (AvgIpc) is 2.64. The number of hydrogen-bond acceptors (Lipinski definition) is 1. The van der Waals surface area contributed by atoms with Gasteiger partial charge in [-0.2, -0.15) is 0 Å². The first-order valence-corrected chi connectivity index (χ1v) is 9.71. The van der Waals surface area contributed by atoms with Gasteiger partial charge in [0.1, 0.15) is 5.78 Å². The largest absolute Gasteiger partial charge is 0.299 e. The third-order valence-corrected chi connectivity index (χ3v) is 5.85. The third-order valence-electron chi connectivity index (χ3n) is 5.85. The molecule has 1 unspecified atom stereocenters. The van der Waals surface area contributed by atoms with Gasteiger partial charge >= 0.3 is 0 Å². The summed E-state index contributed by atoms with van der Waals surface area (Å²) >= 11 is 0. The zero-order chi connectivity index (χ0) is 17.8. The summed E-state index contributed by atoms with van der Waals surface area (Å²) < 4.78 is 0. The summed E-state index contributed by atoms with van der Waals surface area (Å²) in [5.74, 6) is 1.53. The summed E-state index contributed by atoms with van der Waals surface area (Å²) in [5.41, 5.74) is 5.09. The third kappa shape index (κ3) is 4.60. The molecule has 1 aliphatic rings. The number of carbonyl (C=O) groups is 1. The molecular weight excluding hydrogens is 304 g/mol. The van der Waals surface area contributed by atoms with Crippen LogP contribution >= 0.6 is 0 Å². The van der Waals surface area contributed by atoms with E-state index < -0.39 is 0 Å². The molecule has 0 spiro atoms. The van der Waals surface area contributed by atoms with Crippen molar-refractivity contribution in [3.05, 3.63) is 70.8 Å². The molecule has 1 saturated carbocycles. The Hall–Kier alpha value is -1.89. The lowest BCUT2D eigenvalue weighted by Gasteiger charge is -2.27. The standard InChI is InChI=1S/C24H30O/c1-17-4-8-20(9-5-17)16-21-10-14-22(15-11-21)19(3)24(25)23-12-6-18(2)7-13-23/h4-5,8-11,14-15,18-19,23H,6-7,12-13,16H2,1-3H3. The van der Waals surface area contributed by atoms with Crippen LogP contribution in [0.5, 0.6) is 0 Å². The van der Waals surface area contributed by atoms with Gasteiger partial charge in [0.2, 0.25) is 0 Å². The Balaban J connectivity index is 1.63. The van der Waals surface area contributed by atoms with Gasteiger partial charge < -0.3 is 0 Å². The Kier molecular flexibility index (Phi) is 5.73. The molecule has 1 atom stereocenters. The van der Waals surface area contributed by atoms with Crippen LogP contribution in [-0.4, -0.2) is 5.78 Å². The number of hydrogen-bond donors (Lipinski definition) is 0. The van der Waals surface area contributed by atoms with Crippen LogP contribution in [0.3, 0.4) is 0 Å². The maximum Gasteiger partial charge on any atom is 0.143 e. The molecule has 3 rings (SSSR count). The van der Waals surface area contributed by atoms with Gasteiger partial charge in [-0.25, -0.2) is 0 Å². The molecule has 1 fully saturated rings. The summed E-state index contributed by atoms with van der Waals surface area (Å²) in [6.07, 6.45) is 5.52. The van der Waals surface area contributed by atoms with E-state index in [4.69, 9.17) is 0 Å². The highest BCUT2D eigenvalue weighted by molar-refractivity contribution is 5.87. The van der Waals surface area contributed by atoms with Crippen molar-refractivity contribution in [3.63, 3.8) is 0 Å². The van der Waals surface area contributed by atoms with Crippen molar-refractivity contribution in [1.82, 2.24) is 0 Å².